The molecule has 0 radical (unpaired) electrons. The average molecular weight is 466 g/mol. The second-order valence-electron chi connectivity index (χ2n) is 6.15. The molecule has 0 atom stereocenters. The number of hydrogen-bond acceptors (Lipinski definition) is 4. The van der Waals surface area contributed by atoms with Gasteiger partial charge in [0.1, 0.15) is 6.61 Å². The number of benzene rings is 2. The summed E-state index contributed by atoms with van der Waals surface area (Å²) in [7, 11) is -4.11. The van der Waals surface area contributed by atoms with Crippen molar-refractivity contribution in [3.63, 3.8) is 0 Å². The number of hydrogen-bond donors (Lipinski definition) is 0. The molecule has 168 valence electrons. The van der Waals surface area contributed by atoms with Crippen molar-refractivity contribution in [3.05, 3.63) is 60.2 Å². The first kappa shape index (κ1) is 24.5. The summed E-state index contributed by atoms with van der Waals surface area (Å²) in [6, 6.07) is 10.8. The largest absolute Gasteiger partial charge is 0.430 e. The maximum atomic E-state index is 13.6. The van der Waals surface area contributed by atoms with E-state index >= 15 is 0 Å². The summed E-state index contributed by atoms with van der Waals surface area (Å²) in [5, 5.41) is 8.47. The lowest BCUT2D eigenvalue weighted by atomic mass is 9.91. The molecule has 0 aliphatic rings. The third kappa shape index (κ3) is 4.47. The van der Waals surface area contributed by atoms with Gasteiger partial charge in [0.05, 0.1) is 16.7 Å². The minimum Gasteiger partial charge on any atom is -0.339 e. The van der Waals surface area contributed by atoms with Gasteiger partial charge in [-0.1, -0.05) is 30.3 Å². The van der Waals surface area contributed by atoms with Crippen molar-refractivity contribution in [1.82, 2.24) is 0 Å². The summed E-state index contributed by atoms with van der Waals surface area (Å²) >= 11 is 0. The molecule has 0 saturated heterocycles. The van der Waals surface area contributed by atoms with Crippen molar-refractivity contribution in [1.29, 1.82) is 5.26 Å². The normalized spacial score (nSPS) is 13.0. The number of rotatable bonds is 7. The van der Waals surface area contributed by atoms with Gasteiger partial charge in [0.15, 0.2) is 0 Å². The van der Waals surface area contributed by atoms with E-state index in [4.69, 9.17) is 5.26 Å². The smallest absolute Gasteiger partial charge is 0.339 e. The van der Waals surface area contributed by atoms with Crippen LogP contribution in [0.1, 0.15) is 12.5 Å². The predicted octanol–water partition coefficient (Wildman–Crippen LogP) is 4.76. The monoisotopic (exact) mass is 466 g/mol. The van der Waals surface area contributed by atoms with Gasteiger partial charge in [-0.15, -0.1) is 0 Å². The van der Waals surface area contributed by atoms with Crippen LogP contribution in [0.3, 0.4) is 0 Å². The van der Waals surface area contributed by atoms with Crippen LogP contribution in [0, 0.1) is 11.3 Å². The molecular formula is C19H16F6N2O3S. The van der Waals surface area contributed by atoms with Gasteiger partial charge in [0, 0.05) is 12.1 Å². The number of alkyl halides is 6. The van der Waals surface area contributed by atoms with Crippen LogP contribution >= 0.6 is 0 Å². The van der Waals surface area contributed by atoms with Crippen molar-refractivity contribution >= 4 is 15.7 Å². The third-order valence-corrected chi connectivity index (χ3v) is 6.25. The zero-order valence-electron chi connectivity index (χ0n) is 15.9. The van der Waals surface area contributed by atoms with Crippen molar-refractivity contribution in [2.75, 3.05) is 17.5 Å². The molecule has 0 bridgehead atoms. The molecule has 5 nitrogen and oxygen atoms in total. The summed E-state index contributed by atoms with van der Waals surface area (Å²) in [5.74, 6) is 0. The van der Waals surface area contributed by atoms with E-state index in [0.717, 1.165) is 22.5 Å². The van der Waals surface area contributed by atoms with Crippen LogP contribution in [0.2, 0.25) is 0 Å². The van der Waals surface area contributed by atoms with Crippen LogP contribution in [-0.2, 0) is 20.4 Å². The molecule has 0 unspecified atom stereocenters. The summed E-state index contributed by atoms with van der Waals surface area (Å²) in [6.07, 6.45) is -11.9. The van der Waals surface area contributed by atoms with Crippen LogP contribution in [0.25, 0.3) is 0 Å². The summed E-state index contributed by atoms with van der Waals surface area (Å²) in [5.41, 5.74) is -6.22. The van der Waals surface area contributed by atoms with Gasteiger partial charge in [-0.25, -0.2) is 8.42 Å². The fourth-order valence-corrected chi connectivity index (χ4v) is 4.44. The zero-order chi connectivity index (χ0) is 23.5. The quantitative estimate of drug-likeness (QED) is 0.552. The van der Waals surface area contributed by atoms with E-state index in [1.54, 1.807) is 6.07 Å². The van der Waals surface area contributed by atoms with Crippen LogP contribution in [0.4, 0.5) is 32.0 Å². The number of nitrogens with zero attached hydrogens (tertiary/aromatic N) is 2. The first-order valence-corrected chi connectivity index (χ1v) is 10.1. The highest BCUT2D eigenvalue weighted by Crippen LogP contribution is 2.53. The first-order chi connectivity index (χ1) is 14.3. The predicted molar refractivity (Wildman–Crippen MR) is 98.4 cm³/mol. The zero-order valence-corrected chi connectivity index (χ0v) is 16.7. The van der Waals surface area contributed by atoms with Gasteiger partial charge >= 0.3 is 12.4 Å². The fourth-order valence-electron chi connectivity index (χ4n) is 2.95. The topological polar surface area (TPSA) is 70.4 Å². The Bertz CT molecular complexity index is 1020. The molecule has 0 fully saturated rings. The molecule has 0 aliphatic carbocycles. The van der Waals surface area contributed by atoms with Crippen molar-refractivity contribution in [3.8, 4) is 6.07 Å². The average Bonchev–Trinajstić information content (AvgIpc) is 2.68. The number of sulfonamides is 1. The molecule has 0 aliphatic heterocycles. The standard InChI is InChI=1S/C19H16F6N2O3S/c1-2-27(31(28,29)16-6-4-3-5-7-16)15-10-8-14(9-11-15)17(18(20,21)22,19(23,24)25)30-13-12-26/h3-11H,2,13H2,1H3. The molecule has 0 saturated carbocycles. The van der Waals surface area contributed by atoms with E-state index in [1.165, 1.54) is 31.2 Å². The maximum Gasteiger partial charge on any atom is 0.430 e. The van der Waals surface area contributed by atoms with E-state index in [1.807, 2.05) is 0 Å². The minimum atomic E-state index is -5.94. The molecule has 31 heavy (non-hydrogen) atoms. The number of ether oxygens (including phenoxy) is 1. The van der Waals surface area contributed by atoms with Crippen molar-refractivity contribution in [2.45, 2.75) is 29.8 Å². The molecular weight excluding hydrogens is 450 g/mol. The second-order valence-corrected chi connectivity index (χ2v) is 8.02. The third-order valence-electron chi connectivity index (χ3n) is 4.33. The van der Waals surface area contributed by atoms with E-state index in [0.29, 0.717) is 12.1 Å². The lowest BCUT2D eigenvalue weighted by Gasteiger charge is -2.37. The van der Waals surface area contributed by atoms with Crippen LogP contribution in [-0.4, -0.2) is 33.9 Å². The highest BCUT2D eigenvalue weighted by molar-refractivity contribution is 7.92. The molecule has 0 spiro atoms. The van der Waals surface area contributed by atoms with Crippen LogP contribution in [0.15, 0.2) is 59.5 Å². The Balaban J connectivity index is 2.58. The van der Waals surface area contributed by atoms with E-state index < -0.39 is 40.1 Å². The molecule has 12 heteroatoms. The fraction of sp³-hybridized carbons (Fsp3) is 0.316. The molecule has 2 rings (SSSR count). The van der Waals surface area contributed by atoms with Gasteiger partial charge in [0.25, 0.3) is 15.6 Å². The Morgan fingerprint density at radius 3 is 1.87 bits per heavy atom. The summed E-state index contributed by atoms with van der Waals surface area (Å²) in [6.45, 7) is -0.143. The lowest BCUT2D eigenvalue weighted by molar-refractivity contribution is -0.386. The lowest BCUT2D eigenvalue weighted by Crippen LogP contribution is -2.56. The first-order valence-electron chi connectivity index (χ1n) is 8.65. The highest BCUT2D eigenvalue weighted by Gasteiger charge is 2.73. The Hall–Kier alpha value is -2.78. The Morgan fingerprint density at radius 1 is 0.935 bits per heavy atom. The number of anilines is 1. The summed E-state index contributed by atoms with van der Waals surface area (Å²) in [4.78, 5) is -0.0989. The maximum absolute atomic E-state index is 13.6. The Morgan fingerprint density at radius 2 is 1.45 bits per heavy atom. The molecule has 2 aromatic carbocycles. The second kappa shape index (κ2) is 8.76. The molecule has 0 aromatic heterocycles. The van der Waals surface area contributed by atoms with Gasteiger partial charge in [-0.2, -0.15) is 31.6 Å². The Labute approximate surface area is 174 Å². The highest BCUT2D eigenvalue weighted by atomic mass is 32.2. The van der Waals surface area contributed by atoms with Gasteiger partial charge in [-0.05, 0) is 31.2 Å². The van der Waals surface area contributed by atoms with E-state index in [9.17, 15) is 34.8 Å². The van der Waals surface area contributed by atoms with Gasteiger partial charge in [0.2, 0.25) is 0 Å². The van der Waals surface area contributed by atoms with Gasteiger partial charge in [-0.3, -0.25) is 4.31 Å². The Kier molecular flexibility index (Phi) is 6.92. The van der Waals surface area contributed by atoms with E-state index in [2.05, 4.69) is 4.74 Å². The number of nitriles is 1. The van der Waals surface area contributed by atoms with Crippen LogP contribution in [0.5, 0.6) is 0 Å². The van der Waals surface area contributed by atoms with Crippen molar-refractivity contribution < 1.29 is 39.5 Å². The van der Waals surface area contributed by atoms with Gasteiger partial charge < -0.3 is 4.74 Å². The summed E-state index contributed by atoms with van der Waals surface area (Å²) < 4.78 is 112. The molecule has 0 heterocycles. The SMILES string of the molecule is CCN(c1ccc(C(OCC#N)(C(F)(F)F)C(F)(F)F)cc1)S(=O)(=O)c1ccccc1. The van der Waals surface area contributed by atoms with Crippen LogP contribution < -0.4 is 4.31 Å². The molecule has 0 amide bonds. The van der Waals surface area contributed by atoms with E-state index in [-0.39, 0.29) is 17.1 Å². The molecule has 0 N–H and O–H groups in total. The molecule has 2 aromatic rings. The minimum absolute atomic E-state index is 0.0989. The van der Waals surface area contributed by atoms with Crippen molar-refractivity contribution in [2.24, 2.45) is 0 Å². The number of halogens is 6.